The molecule has 1 unspecified atom stereocenters. The average molecular weight is 462 g/mol. The van der Waals surface area contributed by atoms with E-state index in [1.165, 1.54) is 0 Å². The molecule has 1 saturated heterocycles. The molecule has 0 spiro atoms. The quantitative estimate of drug-likeness (QED) is 0.457. The van der Waals surface area contributed by atoms with Crippen LogP contribution in [0.2, 0.25) is 5.02 Å². The standard InChI is InChI=1S/C22H24ClN3O4S/c23-17-8-6-14(7-9-17)16(11-24-21(28)18-12-31-13-25-18)10-19(27)26-20(22(29)30)15-4-2-1-3-5-15/h1-9,16,18,20,25H,10-13H2,(H,24,28)(H,26,27)(H,29,30)/t16?,18-,20-/m0/s1. The fourth-order valence-corrected chi connectivity index (χ4v) is 4.40. The Morgan fingerprint density at radius 1 is 1.10 bits per heavy atom. The summed E-state index contributed by atoms with van der Waals surface area (Å²) in [6.07, 6.45) is 0.0192. The number of aliphatic carboxylic acids is 1. The van der Waals surface area contributed by atoms with Crippen molar-refractivity contribution in [2.75, 3.05) is 18.2 Å². The molecule has 7 nitrogen and oxygen atoms in total. The first kappa shape index (κ1) is 23.1. The van der Waals surface area contributed by atoms with Gasteiger partial charge in [-0.3, -0.25) is 14.9 Å². The van der Waals surface area contributed by atoms with E-state index in [0.29, 0.717) is 16.3 Å². The molecule has 0 aromatic heterocycles. The Bertz CT molecular complexity index is 905. The second kappa shape index (κ2) is 11.2. The Balaban J connectivity index is 1.69. The number of hydrogen-bond acceptors (Lipinski definition) is 5. The molecule has 3 atom stereocenters. The summed E-state index contributed by atoms with van der Waals surface area (Å²) >= 11 is 7.64. The molecular weight excluding hydrogens is 438 g/mol. The highest BCUT2D eigenvalue weighted by atomic mass is 35.5. The van der Waals surface area contributed by atoms with Gasteiger partial charge in [0.05, 0.1) is 6.04 Å². The summed E-state index contributed by atoms with van der Waals surface area (Å²) in [6, 6.07) is 14.2. The van der Waals surface area contributed by atoms with Crippen LogP contribution in [0.5, 0.6) is 0 Å². The predicted molar refractivity (Wildman–Crippen MR) is 121 cm³/mol. The van der Waals surface area contributed by atoms with E-state index in [-0.39, 0.29) is 30.8 Å². The van der Waals surface area contributed by atoms with Crippen molar-refractivity contribution in [3.8, 4) is 0 Å². The third-order valence-electron chi connectivity index (χ3n) is 5.01. The molecule has 9 heteroatoms. The summed E-state index contributed by atoms with van der Waals surface area (Å²) in [5.41, 5.74) is 1.32. The number of carboxylic acids is 1. The number of nitrogens with one attached hydrogen (secondary N) is 3. The first-order valence-corrected chi connectivity index (χ1v) is 11.4. The maximum Gasteiger partial charge on any atom is 0.330 e. The summed E-state index contributed by atoms with van der Waals surface area (Å²) < 4.78 is 0. The van der Waals surface area contributed by atoms with E-state index < -0.39 is 17.9 Å². The third kappa shape index (κ3) is 6.72. The van der Waals surface area contributed by atoms with Crippen LogP contribution in [0, 0.1) is 0 Å². The Morgan fingerprint density at radius 2 is 1.81 bits per heavy atom. The average Bonchev–Trinajstić information content (AvgIpc) is 3.31. The highest BCUT2D eigenvalue weighted by Crippen LogP contribution is 2.23. The Kier molecular flexibility index (Phi) is 8.34. The molecule has 164 valence electrons. The largest absolute Gasteiger partial charge is 0.479 e. The molecular formula is C22H24ClN3O4S. The number of carbonyl (C=O) groups is 3. The number of amides is 2. The minimum Gasteiger partial charge on any atom is -0.479 e. The molecule has 0 saturated carbocycles. The van der Waals surface area contributed by atoms with E-state index >= 15 is 0 Å². The highest BCUT2D eigenvalue weighted by Gasteiger charge is 2.26. The molecule has 1 fully saturated rings. The molecule has 4 N–H and O–H groups in total. The molecule has 0 bridgehead atoms. The van der Waals surface area contributed by atoms with Crippen molar-refractivity contribution < 1.29 is 19.5 Å². The Hall–Kier alpha value is -2.55. The Labute approximate surface area is 189 Å². The number of carbonyl (C=O) groups excluding carboxylic acids is 2. The minimum absolute atomic E-state index is 0.0192. The van der Waals surface area contributed by atoms with E-state index in [0.717, 1.165) is 11.4 Å². The molecule has 1 aliphatic rings. The van der Waals surface area contributed by atoms with Crippen LogP contribution in [-0.4, -0.2) is 47.1 Å². The molecule has 3 rings (SSSR count). The zero-order chi connectivity index (χ0) is 22.2. The maximum atomic E-state index is 12.8. The summed E-state index contributed by atoms with van der Waals surface area (Å²) in [5, 5.41) is 18.7. The first-order valence-electron chi connectivity index (χ1n) is 9.85. The predicted octanol–water partition coefficient (Wildman–Crippen LogP) is 2.53. The summed E-state index contributed by atoms with van der Waals surface area (Å²) in [6.45, 7) is 0.250. The number of carboxylic acid groups (broad SMARTS) is 1. The smallest absolute Gasteiger partial charge is 0.330 e. The fourth-order valence-electron chi connectivity index (χ4n) is 3.33. The van der Waals surface area contributed by atoms with Crippen LogP contribution in [0.1, 0.15) is 29.5 Å². The van der Waals surface area contributed by atoms with Crippen molar-refractivity contribution >= 4 is 41.1 Å². The maximum absolute atomic E-state index is 12.8. The third-order valence-corrected chi connectivity index (χ3v) is 6.21. The number of halogens is 1. The lowest BCUT2D eigenvalue weighted by Crippen LogP contribution is -2.44. The molecule has 0 radical (unpaired) electrons. The topological polar surface area (TPSA) is 108 Å². The second-order valence-electron chi connectivity index (χ2n) is 7.22. The van der Waals surface area contributed by atoms with Gasteiger partial charge in [-0.05, 0) is 23.3 Å². The highest BCUT2D eigenvalue weighted by molar-refractivity contribution is 7.99. The fraction of sp³-hybridized carbons (Fsp3) is 0.318. The summed E-state index contributed by atoms with van der Waals surface area (Å²) in [5.74, 6) is -0.565. The van der Waals surface area contributed by atoms with Crippen LogP contribution in [-0.2, 0) is 14.4 Å². The monoisotopic (exact) mass is 461 g/mol. The Morgan fingerprint density at radius 3 is 2.42 bits per heavy atom. The van der Waals surface area contributed by atoms with Gasteiger partial charge in [-0.2, -0.15) is 0 Å². The van der Waals surface area contributed by atoms with E-state index in [9.17, 15) is 19.5 Å². The van der Waals surface area contributed by atoms with E-state index in [2.05, 4.69) is 16.0 Å². The lowest BCUT2D eigenvalue weighted by molar-refractivity contribution is -0.142. The van der Waals surface area contributed by atoms with Gasteiger partial charge in [0, 0.05) is 35.5 Å². The molecule has 2 aromatic carbocycles. The van der Waals surface area contributed by atoms with E-state index in [1.54, 1.807) is 54.2 Å². The molecule has 2 aromatic rings. The zero-order valence-corrected chi connectivity index (χ0v) is 18.3. The van der Waals surface area contributed by atoms with Crippen molar-refractivity contribution in [2.24, 2.45) is 0 Å². The van der Waals surface area contributed by atoms with E-state index in [1.807, 2.05) is 12.1 Å². The normalized spacial score (nSPS) is 17.5. The van der Waals surface area contributed by atoms with Gasteiger partial charge in [0.25, 0.3) is 0 Å². The van der Waals surface area contributed by atoms with Crippen molar-refractivity contribution in [2.45, 2.75) is 24.4 Å². The van der Waals surface area contributed by atoms with Crippen LogP contribution >= 0.6 is 23.4 Å². The number of rotatable bonds is 9. The van der Waals surface area contributed by atoms with E-state index in [4.69, 9.17) is 11.6 Å². The number of benzene rings is 2. The van der Waals surface area contributed by atoms with Gasteiger partial charge in [0.15, 0.2) is 6.04 Å². The lowest BCUT2D eigenvalue weighted by Gasteiger charge is -2.21. The summed E-state index contributed by atoms with van der Waals surface area (Å²) in [7, 11) is 0. The van der Waals surface area contributed by atoms with Crippen molar-refractivity contribution in [1.29, 1.82) is 0 Å². The summed E-state index contributed by atoms with van der Waals surface area (Å²) in [4.78, 5) is 36.8. The van der Waals surface area contributed by atoms with Gasteiger partial charge in [-0.1, -0.05) is 54.1 Å². The zero-order valence-electron chi connectivity index (χ0n) is 16.7. The second-order valence-corrected chi connectivity index (χ2v) is 8.69. The van der Waals surface area contributed by atoms with Gasteiger partial charge < -0.3 is 15.7 Å². The van der Waals surface area contributed by atoms with Gasteiger partial charge in [-0.15, -0.1) is 11.8 Å². The number of thioether (sulfide) groups is 1. The van der Waals surface area contributed by atoms with Crippen LogP contribution in [0.3, 0.4) is 0 Å². The first-order chi connectivity index (χ1) is 14.9. The van der Waals surface area contributed by atoms with Crippen LogP contribution in [0.15, 0.2) is 54.6 Å². The van der Waals surface area contributed by atoms with Crippen LogP contribution in [0.25, 0.3) is 0 Å². The minimum atomic E-state index is -1.14. The molecule has 1 heterocycles. The molecule has 2 amide bonds. The van der Waals surface area contributed by atoms with Crippen LogP contribution in [0.4, 0.5) is 0 Å². The lowest BCUT2D eigenvalue weighted by atomic mass is 9.94. The van der Waals surface area contributed by atoms with Crippen molar-refractivity contribution in [3.63, 3.8) is 0 Å². The van der Waals surface area contributed by atoms with Crippen molar-refractivity contribution in [1.82, 2.24) is 16.0 Å². The molecule has 1 aliphatic heterocycles. The molecule has 0 aliphatic carbocycles. The van der Waals surface area contributed by atoms with Gasteiger partial charge in [-0.25, -0.2) is 4.79 Å². The number of hydrogen-bond donors (Lipinski definition) is 4. The SMILES string of the molecule is O=C(CC(CNC(=O)[C@@H]1CSCN1)c1ccc(Cl)cc1)N[C@H](C(=O)O)c1ccccc1. The van der Waals surface area contributed by atoms with Crippen molar-refractivity contribution in [3.05, 3.63) is 70.7 Å². The molecule has 31 heavy (non-hydrogen) atoms. The van der Waals surface area contributed by atoms with Crippen LogP contribution < -0.4 is 16.0 Å². The van der Waals surface area contributed by atoms with Gasteiger partial charge >= 0.3 is 5.97 Å². The van der Waals surface area contributed by atoms with Gasteiger partial charge in [0.2, 0.25) is 11.8 Å². The van der Waals surface area contributed by atoms with Gasteiger partial charge in [0.1, 0.15) is 0 Å².